The molecule has 0 unspecified atom stereocenters. The van der Waals surface area contributed by atoms with Gasteiger partial charge in [-0.05, 0) is 12.8 Å². The number of aryl methyl sites for hydroxylation is 1. The predicted octanol–water partition coefficient (Wildman–Crippen LogP) is 2.05. The second-order valence-electron chi connectivity index (χ2n) is 4.01. The van der Waals surface area contributed by atoms with Gasteiger partial charge in [-0.1, -0.05) is 25.4 Å². The number of aromatic nitrogens is 2. The van der Waals surface area contributed by atoms with Crippen LogP contribution in [0, 0.1) is 12.8 Å². The Balaban J connectivity index is 2.89. The number of carbonyl (C=O) groups excluding carboxylic acids is 1. The van der Waals surface area contributed by atoms with E-state index in [1.165, 1.54) is 7.11 Å². The summed E-state index contributed by atoms with van der Waals surface area (Å²) >= 11 is 5.82. The van der Waals surface area contributed by atoms with Gasteiger partial charge in [0.1, 0.15) is 22.8 Å². The van der Waals surface area contributed by atoms with Gasteiger partial charge in [0, 0.05) is 6.07 Å². The minimum Gasteiger partial charge on any atom is -0.467 e. The second kappa shape index (κ2) is 5.82. The van der Waals surface area contributed by atoms with E-state index in [4.69, 9.17) is 16.3 Å². The number of methoxy groups -OCH3 is 1. The van der Waals surface area contributed by atoms with Crippen molar-refractivity contribution in [1.29, 1.82) is 0 Å². The van der Waals surface area contributed by atoms with Crippen molar-refractivity contribution in [2.45, 2.75) is 26.8 Å². The quantitative estimate of drug-likeness (QED) is 0.661. The number of hydrogen-bond acceptors (Lipinski definition) is 5. The van der Waals surface area contributed by atoms with Crippen LogP contribution in [0.15, 0.2) is 6.07 Å². The van der Waals surface area contributed by atoms with Crippen molar-refractivity contribution in [3.8, 4) is 0 Å². The molecule has 0 aromatic carbocycles. The number of esters is 1. The normalized spacial score (nSPS) is 12.4. The summed E-state index contributed by atoms with van der Waals surface area (Å²) in [4.78, 5) is 19.7. The van der Waals surface area contributed by atoms with Crippen LogP contribution in [0.25, 0.3) is 0 Å². The monoisotopic (exact) mass is 257 g/mol. The summed E-state index contributed by atoms with van der Waals surface area (Å²) < 4.78 is 4.73. The van der Waals surface area contributed by atoms with E-state index in [0.29, 0.717) is 16.8 Å². The summed E-state index contributed by atoms with van der Waals surface area (Å²) in [5, 5.41) is 3.34. The molecule has 0 spiro atoms. The zero-order valence-corrected chi connectivity index (χ0v) is 11.1. The number of carbonyl (C=O) groups is 1. The number of rotatable bonds is 4. The Kier molecular flexibility index (Phi) is 4.69. The Morgan fingerprint density at radius 3 is 2.59 bits per heavy atom. The minimum atomic E-state index is -0.453. The van der Waals surface area contributed by atoms with Crippen LogP contribution in [0.2, 0.25) is 5.15 Å². The van der Waals surface area contributed by atoms with E-state index in [1.54, 1.807) is 13.0 Å². The first-order valence-electron chi connectivity index (χ1n) is 5.29. The van der Waals surface area contributed by atoms with Gasteiger partial charge < -0.3 is 10.1 Å². The van der Waals surface area contributed by atoms with Crippen molar-refractivity contribution in [2.75, 3.05) is 12.4 Å². The zero-order chi connectivity index (χ0) is 13.0. The van der Waals surface area contributed by atoms with Crippen molar-refractivity contribution in [2.24, 2.45) is 5.92 Å². The van der Waals surface area contributed by atoms with E-state index in [1.807, 2.05) is 13.8 Å². The summed E-state index contributed by atoms with van der Waals surface area (Å²) in [5.41, 5.74) is 0. The molecule has 1 aromatic heterocycles. The molecular weight excluding hydrogens is 242 g/mol. The summed E-state index contributed by atoms with van der Waals surface area (Å²) in [7, 11) is 1.36. The van der Waals surface area contributed by atoms with Crippen LogP contribution in [0.5, 0.6) is 0 Å². The van der Waals surface area contributed by atoms with E-state index < -0.39 is 6.04 Å². The third-order valence-corrected chi connectivity index (χ3v) is 2.43. The molecule has 1 rings (SSSR count). The average Bonchev–Trinajstić information content (AvgIpc) is 2.23. The number of nitrogens with zero attached hydrogens (tertiary/aromatic N) is 2. The van der Waals surface area contributed by atoms with Gasteiger partial charge in [0.15, 0.2) is 0 Å². The number of halogens is 1. The van der Waals surface area contributed by atoms with Gasteiger partial charge in [0.25, 0.3) is 0 Å². The Labute approximate surface area is 106 Å². The zero-order valence-electron chi connectivity index (χ0n) is 10.3. The first-order valence-corrected chi connectivity index (χ1v) is 5.67. The van der Waals surface area contributed by atoms with Crippen molar-refractivity contribution in [3.05, 3.63) is 17.0 Å². The minimum absolute atomic E-state index is 0.0801. The molecule has 1 atom stereocenters. The number of anilines is 1. The fraction of sp³-hybridized carbons (Fsp3) is 0.545. The van der Waals surface area contributed by atoms with Crippen LogP contribution in [0.3, 0.4) is 0 Å². The SMILES string of the molecule is COC(=O)[C@@H](Nc1cc(Cl)nc(C)n1)C(C)C. The van der Waals surface area contributed by atoms with Crippen LogP contribution in [0.4, 0.5) is 5.82 Å². The molecule has 0 saturated heterocycles. The lowest BCUT2D eigenvalue weighted by Gasteiger charge is -2.20. The van der Waals surface area contributed by atoms with Crippen molar-refractivity contribution >= 4 is 23.4 Å². The van der Waals surface area contributed by atoms with Gasteiger partial charge >= 0.3 is 5.97 Å². The number of nitrogens with one attached hydrogen (secondary N) is 1. The lowest BCUT2D eigenvalue weighted by molar-refractivity contribution is -0.142. The lowest BCUT2D eigenvalue weighted by Crippen LogP contribution is -2.35. The molecule has 17 heavy (non-hydrogen) atoms. The van der Waals surface area contributed by atoms with Gasteiger partial charge in [0.05, 0.1) is 7.11 Å². The van der Waals surface area contributed by atoms with Gasteiger partial charge in [-0.15, -0.1) is 0 Å². The Morgan fingerprint density at radius 1 is 1.47 bits per heavy atom. The molecule has 0 aliphatic rings. The molecule has 0 aliphatic carbocycles. The fourth-order valence-electron chi connectivity index (χ4n) is 1.39. The van der Waals surface area contributed by atoms with E-state index >= 15 is 0 Å². The molecule has 0 bridgehead atoms. The fourth-order valence-corrected chi connectivity index (χ4v) is 1.61. The third-order valence-electron chi connectivity index (χ3n) is 2.23. The summed E-state index contributed by atoms with van der Waals surface area (Å²) in [6, 6.07) is 1.12. The molecule has 94 valence electrons. The predicted molar refractivity (Wildman–Crippen MR) is 66.0 cm³/mol. The molecule has 0 saturated carbocycles. The molecular formula is C11H16ClN3O2. The molecule has 5 nitrogen and oxygen atoms in total. The summed E-state index contributed by atoms with van der Waals surface area (Å²) in [6.07, 6.45) is 0. The molecule has 1 N–H and O–H groups in total. The first-order chi connectivity index (χ1) is 7.93. The third kappa shape index (κ3) is 3.85. The molecule has 0 amide bonds. The van der Waals surface area contributed by atoms with Crippen LogP contribution in [-0.4, -0.2) is 29.1 Å². The van der Waals surface area contributed by atoms with Crippen LogP contribution in [-0.2, 0) is 9.53 Å². The van der Waals surface area contributed by atoms with Gasteiger partial charge in [-0.2, -0.15) is 0 Å². The van der Waals surface area contributed by atoms with E-state index in [9.17, 15) is 4.79 Å². The maximum Gasteiger partial charge on any atom is 0.328 e. The molecule has 1 aromatic rings. The Hall–Kier alpha value is -1.36. The molecule has 0 radical (unpaired) electrons. The van der Waals surface area contributed by atoms with Gasteiger partial charge in [-0.25, -0.2) is 14.8 Å². The molecule has 6 heteroatoms. The Bertz CT molecular complexity index is 389. The Morgan fingerprint density at radius 2 is 2.12 bits per heavy atom. The molecule has 1 heterocycles. The lowest BCUT2D eigenvalue weighted by atomic mass is 10.0. The van der Waals surface area contributed by atoms with Gasteiger partial charge in [-0.3, -0.25) is 0 Å². The van der Waals surface area contributed by atoms with E-state index in [0.717, 1.165) is 0 Å². The standard InChI is InChI=1S/C11H16ClN3O2/c1-6(2)10(11(16)17-4)15-9-5-8(12)13-7(3)14-9/h5-6,10H,1-4H3,(H,13,14,15)/t10-/m0/s1. The maximum absolute atomic E-state index is 11.6. The van der Waals surface area contributed by atoms with Crippen molar-refractivity contribution < 1.29 is 9.53 Å². The van der Waals surface area contributed by atoms with Gasteiger partial charge in [0.2, 0.25) is 0 Å². The second-order valence-corrected chi connectivity index (χ2v) is 4.40. The first kappa shape index (κ1) is 13.7. The highest BCUT2D eigenvalue weighted by molar-refractivity contribution is 6.29. The van der Waals surface area contributed by atoms with Crippen molar-refractivity contribution in [3.63, 3.8) is 0 Å². The van der Waals surface area contributed by atoms with Crippen LogP contribution in [0.1, 0.15) is 19.7 Å². The summed E-state index contributed by atoms with van der Waals surface area (Å²) in [6.45, 7) is 5.58. The van der Waals surface area contributed by atoms with Crippen LogP contribution < -0.4 is 5.32 Å². The van der Waals surface area contributed by atoms with E-state index in [-0.39, 0.29) is 11.9 Å². The molecule has 0 fully saturated rings. The number of ether oxygens (including phenoxy) is 1. The molecule has 0 aliphatic heterocycles. The number of hydrogen-bond donors (Lipinski definition) is 1. The largest absolute Gasteiger partial charge is 0.467 e. The highest BCUT2D eigenvalue weighted by Gasteiger charge is 2.23. The van der Waals surface area contributed by atoms with Crippen molar-refractivity contribution in [1.82, 2.24) is 9.97 Å². The maximum atomic E-state index is 11.6. The van der Waals surface area contributed by atoms with Crippen LogP contribution >= 0.6 is 11.6 Å². The smallest absolute Gasteiger partial charge is 0.328 e. The highest BCUT2D eigenvalue weighted by Crippen LogP contribution is 2.15. The average molecular weight is 258 g/mol. The topological polar surface area (TPSA) is 64.1 Å². The van der Waals surface area contributed by atoms with E-state index in [2.05, 4.69) is 15.3 Å². The highest BCUT2D eigenvalue weighted by atomic mass is 35.5. The summed E-state index contributed by atoms with van der Waals surface area (Å²) in [5.74, 6) is 0.822.